The number of nitrogens with one attached hydrogen (secondary N) is 1. The second-order valence-electron chi connectivity index (χ2n) is 5.91. The van der Waals surface area contributed by atoms with Crippen molar-refractivity contribution in [3.8, 4) is 0 Å². The van der Waals surface area contributed by atoms with Crippen LogP contribution in [0, 0.1) is 0 Å². The highest BCUT2D eigenvalue weighted by Gasteiger charge is 2.16. The lowest BCUT2D eigenvalue weighted by Crippen LogP contribution is -2.28. The molecule has 0 fully saturated rings. The van der Waals surface area contributed by atoms with Crippen LogP contribution in [0.4, 0.5) is 0 Å². The maximum Gasteiger partial charge on any atom is 0.251 e. The van der Waals surface area contributed by atoms with Gasteiger partial charge in [0.2, 0.25) is 0 Å². The summed E-state index contributed by atoms with van der Waals surface area (Å²) < 4.78 is 1.80. The second kappa shape index (κ2) is 7.90. The van der Waals surface area contributed by atoms with Crippen LogP contribution in [-0.2, 0) is 6.54 Å². The number of carbonyl (C=O) groups excluding carboxylic acids is 1. The van der Waals surface area contributed by atoms with E-state index in [1.807, 2.05) is 43.3 Å². The topological polar surface area (TPSA) is 80.0 Å². The van der Waals surface area contributed by atoms with Crippen LogP contribution in [0.5, 0.6) is 0 Å². The third-order valence-electron chi connectivity index (χ3n) is 4.23. The van der Waals surface area contributed by atoms with Crippen molar-refractivity contribution in [2.24, 2.45) is 0 Å². The van der Waals surface area contributed by atoms with Gasteiger partial charge in [0.1, 0.15) is 5.52 Å². The smallest absolute Gasteiger partial charge is 0.251 e. The largest absolute Gasteiger partial charge is 0.396 e. The van der Waals surface area contributed by atoms with Gasteiger partial charge in [-0.25, -0.2) is 4.68 Å². The van der Waals surface area contributed by atoms with E-state index < -0.39 is 0 Å². The lowest BCUT2D eigenvalue weighted by Gasteiger charge is -2.19. The number of rotatable bonds is 7. The van der Waals surface area contributed by atoms with E-state index in [0.29, 0.717) is 23.9 Å². The van der Waals surface area contributed by atoms with Gasteiger partial charge in [0.05, 0.1) is 11.6 Å². The van der Waals surface area contributed by atoms with Crippen molar-refractivity contribution in [1.29, 1.82) is 0 Å². The maximum atomic E-state index is 12.7. The van der Waals surface area contributed by atoms with Crippen molar-refractivity contribution >= 4 is 16.9 Å². The number of nitrogens with zero attached hydrogens (tertiary/aromatic N) is 3. The predicted octanol–water partition coefficient (Wildman–Crippen LogP) is 2.69. The summed E-state index contributed by atoms with van der Waals surface area (Å²) in [6, 6.07) is 15.1. The molecule has 2 N–H and O–H groups in total. The fraction of sp³-hybridized carbons (Fsp3) is 0.316. The van der Waals surface area contributed by atoms with E-state index in [9.17, 15) is 4.79 Å². The van der Waals surface area contributed by atoms with Gasteiger partial charge in [-0.2, -0.15) is 0 Å². The molecule has 1 amide bonds. The molecule has 0 spiro atoms. The van der Waals surface area contributed by atoms with Crippen LogP contribution in [0.2, 0.25) is 0 Å². The molecule has 0 saturated carbocycles. The summed E-state index contributed by atoms with van der Waals surface area (Å²) in [5, 5.41) is 20.4. The van der Waals surface area contributed by atoms with Crippen LogP contribution in [-0.4, -0.2) is 32.6 Å². The van der Waals surface area contributed by atoms with E-state index in [1.165, 1.54) is 0 Å². The molecule has 0 aliphatic rings. The zero-order valence-electron chi connectivity index (χ0n) is 14.2. The standard InChI is InChI=1S/C19H22N4O2/c1-2-23-18-11-10-15(13-17(18)21-22-23)19(25)20-16(9-6-12-24)14-7-4-3-5-8-14/h3-5,7-8,10-11,13,16,24H,2,6,9,12H2,1H3,(H,20,25). The molecule has 0 aliphatic heterocycles. The van der Waals surface area contributed by atoms with Gasteiger partial charge in [0.15, 0.2) is 0 Å². The number of amides is 1. The zero-order valence-corrected chi connectivity index (χ0v) is 14.2. The summed E-state index contributed by atoms with van der Waals surface area (Å²) in [7, 11) is 0. The van der Waals surface area contributed by atoms with Crippen molar-refractivity contribution in [2.45, 2.75) is 32.4 Å². The molecule has 0 radical (unpaired) electrons. The lowest BCUT2D eigenvalue weighted by molar-refractivity contribution is 0.0932. The Morgan fingerprint density at radius 1 is 1.24 bits per heavy atom. The average molecular weight is 338 g/mol. The van der Waals surface area contributed by atoms with Gasteiger partial charge in [-0.15, -0.1) is 5.10 Å². The molecular weight excluding hydrogens is 316 g/mol. The normalized spacial score (nSPS) is 12.2. The SMILES string of the molecule is CCn1nnc2cc(C(=O)NC(CCCO)c3ccccc3)ccc21. The van der Waals surface area contributed by atoms with Crippen LogP contribution in [0.1, 0.15) is 41.7 Å². The molecule has 0 aliphatic carbocycles. The van der Waals surface area contributed by atoms with Gasteiger partial charge in [-0.05, 0) is 43.5 Å². The molecule has 1 aromatic heterocycles. The van der Waals surface area contributed by atoms with Gasteiger partial charge in [0.25, 0.3) is 5.91 Å². The molecular formula is C19H22N4O2. The lowest BCUT2D eigenvalue weighted by atomic mass is 10.0. The maximum absolute atomic E-state index is 12.7. The third kappa shape index (κ3) is 3.85. The summed E-state index contributed by atoms with van der Waals surface area (Å²) >= 11 is 0. The van der Waals surface area contributed by atoms with E-state index in [-0.39, 0.29) is 18.6 Å². The van der Waals surface area contributed by atoms with Gasteiger partial charge >= 0.3 is 0 Å². The van der Waals surface area contributed by atoms with Gasteiger partial charge < -0.3 is 10.4 Å². The Morgan fingerprint density at radius 2 is 2.04 bits per heavy atom. The number of carbonyl (C=O) groups is 1. The number of hydrogen-bond acceptors (Lipinski definition) is 4. The molecule has 3 rings (SSSR count). The molecule has 0 bridgehead atoms. The highest BCUT2D eigenvalue weighted by Crippen LogP contribution is 2.20. The molecule has 3 aromatic rings. The van der Waals surface area contributed by atoms with E-state index in [4.69, 9.17) is 5.11 Å². The van der Waals surface area contributed by atoms with Gasteiger partial charge in [0, 0.05) is 18.7 Å². The Labute approximate surface area is 146 Å². The second-order valence-corrected chi connectivity index (χ2v) is 5.91. The molecule has 6 nitrogen and oxygen atoms in total. The minimum absolute atomic E-state index is 0.102. The Bertz CT molecular complexity index is 845. The first-order chi connectivity index (χ1) is 12.2. The highest BCUT2D eigenvalue weighted by atomic mass is 16.3. The third-order valence-corrected chi connectivity index (χ3v) is 4.23. The number of aryl methyl sites for hydroxylation is 1. The first-order valence-corrected chi connectivity index (χ1v) is 8.53. The number of hydrogen-bond donors (Lipinski definition) is 2. The number of aliphatic hydroxyl groups excluding tert-OH is 1. The van der Waals surface area contributed by atoms with E-state index >= 15 is 0 Å². The molecule has 2 aromatic carbocycles. The highest BCUT2D eigenvalue weighted by molar-refractivity contribution is 5.97. The molecule has 1 atom stereocenters. The van der Waals surface area contributed by atoms with Gasteiger partial charge in [-0.1, -0.05) is 35.5 Å². The van der Waals surface area contributed by atoms with Gasteiger partial charge in [-0.3, -0.25) is 4.79 Å². The summed E-state index contributed by atoms with van der Waals surface area (Å²) in [4.78, 5) is 12.7. The quantitative estimate of drug-likeness (QED) is 0.694. The van der Waals surface area contributed by atoms with Crippen LogP contribution in [0.25, 0.3) is 11.0 Å². The number of fused-ring (bicyclic) bond motifs is 1. The molecule has 6 heteroatoms. The van der Waals surface area contributed by atoms with E-state index in [2.05, 4.69) is 15.6 Å². The molecule has 0 saturated heterocycles. The van der Waals surface area contributed by atoms with E-state index in [0.717, 1.165) is 17.6 Å². The predicted molar refractivity (Wildman–Crippen MR) is 96.2 cm³/mol. The van der Waals surface area contributed by atoms with Crippen LogP contribution in [0.15, 0.2) is 48.5 Å². The monoisotopic (exact) mass is 338 g/mol. The first kappa shape index (κ1) is 17.1. The minimum Gasteiger partial charge on any atom is -0.396 e. The zero-order chi connectivity index (χ0) is 17.6. The number of aliphatic hydroxyl groups is 1. The van der Waals surface area contributed by atoms with Crippen molar-refractivity contribution in [2.75, 3.05) is 6.61 Å². The fourth-order valence-corrected chi connectivity index (χ4v) is 2.89. The summed E-state index contributed by atoms with van der Waals surface area (Å²) in [6.45, 7) is 2.84. The average Bonchev–Trinajstić information content (AvgIpc) is 3.08. The number of benzene rings is 2. The van der Waals surface area contributed by atoms with Crippen LogP contribution in [0.3, 0.4) is 0 Å². The Morgan fingerprint density at radius 3 is 2.76 bits per heavy atom. The molecule has 130 valence electrons. The summed E-state index contributed by atoms with van der Waals surface area (Å²) in [5.74, 6) is -0.153. The van der Waals surface area contributed by atoms with Crippen molar-refractivity contribution in [3.05, 3.63) is 59.7 Å². The Hall–Kier alpha value is -2.73. The summed E-state index contributed by atoms with van der Waals surface area (Å²) in [6.07, 6.45) is 1.31. The first-order valence-electron chi connectivity index (χ1n) is 8.53. The molecule has 1 unspecified atom stereocenters. The van der Waals surface area contributed by atoms with Crippen molar-refractivity contribution in [1.82, 2.24) is 20.3 Å². The van der Waals surface area contributed by atoms with Crippen LogP contribution >= 0.6 is 0 Å². The van der Waals surface area contributed by atoms with Crippen molar-refractivity contribution in [3.63, 3.8) is 0 Å². The van der Waals surface area contributed by atoms with Crippen molar-refractivity contribution < 1.29 is 9.90 Å². The van der Waals surface area contributed by atoms with Crippen LogP contribution < -0.4 is 5.32 Å². The minimum atomic E-state index is -0.153. The number of aromatic nitrogens is 3. The Kier molecular flexibility index (Phi) is 5.40. The Balaban J connectivity index is 1.81. The molecule has 25 heavy (non-hydrogen) atoms. The molecule has 1 heterocycles. The van der Waals surface area contributed by atoms with E-state index in [1.54, 1.807) is 16.8 Å². The fourth-order valence-electron chi connectivity index (χ4n) is 2.89. The summed E-state index contributed by atoms with van der Waals surface area (Å²) in [5.41, 5.74) is 3.21.